The first-order valence-corrected chi connectivity index (χ1v) is 21.1. The predicted molar refractivity (Wildman–Crippen MR) is 250 cm³/mol. The first kappa shape index (κ1) is 38.3. The number of rotatable bonds is 7. The summed E-state index contributed by atoms with van der Waals surface area (Å²) in [6.45, 7) is 20.1. The highest BCUT2D eigenvalue weighted by Crippen LogP contribution is 2.42. The number of hydrogen-bond acceptors (Lipinski definition) is 3. The molecule has 0 aliphatic carbocycles. The van der Waals surface area contributed by atoms with E-state index in [0.717, 1.165) is 72.7 Å². The average Bonchev–Trinajstić information content (AvgIpc) is 3.63. The Hall–Kier alpha value is -6.20. The molecule has 8 aromatic rings. The van der Waals surface area contributed by atoms with Crippen LogP contribution in [0, 0.1) is 13.8 Å². The maximum atomic E-state index is 11.8. The third-order valence-electron chi connectivity index (χ3n) is 12.3. The molecule has 0 fully saturated rings. The second kappa shape index (κ2) is 14.6. The average molecular weight is 770 g/mol. The molecule has 1 N–H and O–H groups in total. The van der Waals surface area contributed by atoms with Crippen LogP contribution in [0.25, 0.3) is 61.6 Å². The van der Waals surface area contributed by atoms with Crippen LogP contribution in [0.15, 0.2) is 134 Å². The van der Waals surface area contributed by atoms with Gasteiger partial charge in [0.25, 0.3) is 0 Å². The lowest BCUT2D eigenvalue weighted by molar-refractivity contribution is 0.472. The second-order valence-corrected chi connectivity index (χ2v) is 18.1. The fourth-order valence-electron chi connectivity index (χ4n) is 9.34. The van der Waals surface area contributed by atoms with Gasteiger partial charge in [-0.1, -0.05) is 145 Å². The Balaban J connectivity index is 1.38. The molecule has 59 heavy (non-hydrogen) atoms. The molecule has 4 nitrogen and oxygen atoms in total. The summed E-state index contributed by atoms with van der Waals surface area (Å²) in [6, 6.07) is 46.2. The molecule has 0 saturated heterocycles. The molecular formula is C54H52BN3O. The molecule has 6 aromatic carbocycles. The number of para-hydroxylation sites is 1. The minimum absolute atomic E-state index is 0.00922. The number of aromatic nitrogens is 3. The zero-order chi connectivity index (χ0) is 41.3. The molecule has 3 heterocycles. The van der Waals surface area contributed by atoms with Crippen molar-refractivity contribution in [2.45, 2.75) is 79.6 Å². The largest absolute Gasteiger partial charge is 0.507 e. The van der Waals surface area contributed by atoms with Gasteiger partial charge in [-0.05, 0) is 123 Å². The van der Waals surface area contributed by atoms with Crippen LogP contribution in [0.4, 0.5) is 0 Å². The number of aryl methyl sites for hydroxylation is 2. The standard InChI is InChI=1S/C54H52BN3O/c1-32(2)41-18-15-19-42(33(3)4)49(41)55-45-20-13-14-21-48(45)58-51-46(55)23-22-43(50(51)57-53(58)44-27-34(5)26-35(6)52(44)59)38-28-39(30-40(29-38)54(7,8)9)47-31-37(24-25-56-47)36-16-11-10-12-17-36/h10-33,59H,1-9H3. The van der Waals surface area contributed by atoms with Gasteiger partial charge in [-0.25, -0.2) is 4.98 Å². The number of benzene rings is 6. The lowest BCUT2D eigenvalue weighted by Crippen LogP contribution is -2.58. The van der Waals surface area contributed by atoms with Gasteiger partial charge in [0.2, 0.25) is 6.71 Å². The van der Waals surface area contributed by atoms with Crippen molar-refractivity contribution >= 4 is 34.1 Å². The smallest absolute Gasteiger partial charge is 0.247 e. The molecule has 2 aromatic heterocycles. The highest BCUT2D eigenvalue weighted by molar-refractivity contribution is 6.98. The van der Waals surface area contributed by atoms with Gasteiger partial charge < -0.3 is 5.11 Å². The van der Waals surface area contributed by atoms with Crippen molar-refractivity contribution in [1.82, 2.24) is 14.5 Å². The van der Waals surface area contributed by atoms with Crippen LogP contribution in [0.5, 0.6) is 5.75 Å². The van der Waals surface area contributed by atoms with E-state index in [1.54, 1.807) is 0 Å². The van der Waals surface area contributed by atoms with Crippen molar-refractivity contribution in [2.24, 2.45) is 0 Å². The van der Waals surface area contributed by atoms with Crippen molar-refractivity contribution in [3.05, 3.63) is 161 Å². The van der Waals surface area contributed by atoms with E-state index in [2.05, 4.69) is 181 Å². The van der Waals surface area contributed by atoms with Crippen LogP contribution in [-0.2, 0) is 5.41 Å². The predicted octanol–water partition coefficient (Wildman–Crippen LogP) is 11.8. The van der Waals surface area contributed by atoms with Crippen LogP contribution in [0.1, 0.15) is 88.1 Å². The van der Waals surface area contributed by atoms with Gasteiger partial charge in [-0.15, -0.1) is 0 Å². The molecule has 0 spiro atoms. The summed E-state index contributed by atoms with van der Waals surface area (Å²) in [5, 5.41) is 11.8. The van der Waals surface area contributed by atoms with Crippen LogP contribution < -0.4 is 16.4 Å². The lowest BCUT2D eigenvalue weighted by Gasteiger charge is -2.31. The van der Waals surface area contributed by atoms with Gasteiger partial charge in [-0.2, -0.15) is 0 Å². The van der Waals surface area contributed by atoms with E-state index in [9.17, 15) is 5.11 Å². The van der Waals surface area contributed by atoms with Crippen molar-refractivity contribution < 1.29 is 5.11 Å². The summed E-state index contributed by atoms with van der Waals surface area (Å²) in [6.07, 6.45) is 1.92. The SMILES string of the molecule is Cc1cc(C)c(O)c(-c2nc3c(-c4cc(-c5cc(-c6ccccc6)ccn5)cc(C(C)(C)C)c4)ccc4c3n2-c2ccccc2B4c2c(C(C)C)cccc2C(C)C)c1. The lowest BCUT2D eigenvalue weighted by atomic mass is 9.33. The van der Waals surface area contributed by atoms with Crippen molar-refractivity contribution in [2.75, 3.05) is 0 Å². The van der Waals surface area contributed by atoms with Gasteiger partial charge in [0, 0.05) is 23.0 Å². The van der Waals surface area contributed by atoms with E-state index in [1.807, 2.05) is 19.2 Å². The molecule has 1 aliphatic heterocycles. The van der Waals surface area contributed by atoms with E-state index < -0.39 is 0 Å². The van der Waals surface area contributed by atoms with Gasteiger partial charge in [0.15, 0.2) is 0 Å². The monoisotopic (exact) mass is 769 g/mol. The van der Waals surface area contributed by atoms with E-state index in [4.69, 9.17) is 9.97 Å². The zero-order valence-corrected chi connectivity index (χ0v) is 35.7. The number of phenols is 1. The summed E-state index contributed by atoms with van der Waals surface area (Å²) in [4.78, 5) is 10.6. The van der Waals surface area contributed by atoms with E-state index in [0.29, 0.717) is 11.8 Å². The number of imidazole rings is 1. The van der Waals surface area contributed by atoms with E-state index >= 15 is 0 Å². The van der Waals surface area contributed by atoms with Gasteiger partial charge in [-0.3, -0.25) is 9.55 Å². The minimum atomic E-state index is -0.125. The van der Waals surface area contributed by atoms with Gasteiger partial charge >= 0.3 is 0 Å². The Morgan fingerprint density at radius 2 is 1.32 bits per heavy atom. The van der Waals surface area contributed by atoms with Gasteiger partial charge in [0.05, 0.1) is 22.3 Å². The Kier molecular flexibility index (Phi) is 9.46. The van der Waals surface area contributed by atoms with Crippen molar-refractivity contribution in [3.8, 4) is 56.3 Å². The molecule has 0 amide bonds. The van der Waals surface area contributed by atoms with E-state index in [-0.39, 0.29) is 17.9 Å². The van der Waals surface area contributed by atoms with Crippen LogP contribution in [0.2, 0.25) is 0 Å². The maximum absolute atomic E-state index is 11.8. The summed E-state index contributed by atoms with van der Waals surface area (Å²) in [7, 11) is 0. The third-order valence-corrected chi connectivity index (χ3v) is 12.3. The molecule has 0 saturated carbocycles. The number of aromatic hydroxyl groups is 1. The zero-order valence-electron chi connectivity index (χ0n) is 35.7. The normalized spacial score (nSPS) is 12.5. The summed E-state index contributed by atoms with van der Waals surface area (Å²) < 4.78 is 2.33. The number of phenolic OH excluding ortho intramolecular Hbond substituents is 1. The molecule has 1 aliphatic rings. The van der Waals surface area contributed by atoms with Crippen LogP contribution in [0.3, 0.4) is 0 Å². The van der Waals surface area contributed by atoms with Crippen LogP contribution >= 0.6 is 0 Å². The third kappa shape index (κ3) is 6.57. The molecule has 0 bridgehead atoms. The second-order valence-electron chi connectivity index (χ2n) is 18.1. The fraction of sp³-hybridized carbons (Fsp3) is 0.222. The molecule has 5 heteroatoms. The maximum Gasteiger partial charge on any atom is 0.247 e. The minimum Gasteiger partial charge on any atom is -0.507 e. The Morgan fingerprint density at radius 1 is 0.627 bits per heavy atom. The molecule has 292 valence electrons. The summed E-state index contributed by atoms with van der Waals surface area (Å²) >= 11 is 0. The summed E-state index contributed by atoms with van der Waals surface area (Å²) in [5.41, 5.74) is 19.9. The molecule has 0 atom stereocenters. The Morgan fingerprint density at radius 3 is 2.03 bits per heavy atom. The molecule has 9 rings (SSSR count). The van der Waals surface area contributed by atoms with Crippen molar-refractivity contribution in [1.29, 1.82) is 0 Å². The molecule has 0 unspecified atom stereocenters. The number of nitrogens with zero attached hydrogens (tertiary/aromatic N) is 3. The Labute approximate surface area is 349 Å². The fourth-order valence-corrected chi connectivity index (χ4v) is 9.34. The number of pyridine rings is 1. The van der Waals surface area contributed by atoms with Crippen LogP contribution in [-0.4, -0.2) is 26.4 Å². The Bertz CT molecular complexity index is 2890. The molecular weight excluding hydrogens is 717 g/mol. The number of hydrogen-bond donors (Lipinski definition) is 1. The highest BCUT2D eigenvalue weighted by Gasteiger charge is 2.38. The summed E-state index contributed by atoms with van der Waals surface area (Å²) in [5.74, 6) is 1.69. The topological polar surface area (TPSA) is 50.9 Å². The van der Waals surface area contributed by atoms with Gasteiger partial charge in [0.1, 0.15) is 11.6 Å². The quantitative estimate of drug-likeness (QED) is 0.164. The highest BCUT2D eigenvalue weighted by atomic mass is 16.3. The van der Waals surface area contributed by atoms with Crippen molar-refractivity contribution in [3.63, 3.8) is 0 Å². The molecule has 0 radical (unpaired) electrons. The first-order valence-electron chi connectivity index (χ1n) is 21.1. The van der Waals surface area contributed by atoms with E-state index in [1.165, 1.54) is 33.1 Å². The first-order chi connectivity index (χ1) is 28.3. The number of fused-ring (bicyclic) bond motifs is 2.